The Balaban J connectivity index is 1.99. The summed E-state index contributed by atoms with van der Waals surface area (Å²) < 4.78 is 0. The molecule has 23 heavy (non-hydrogen) atoms. The highest BCUT2D eigenvalue weighted by atomic mass is 16.4. The number of fused-ring (bicyclic) bond motifs is 1. The summed E-state index contributed by atoms with van der Waals surface area (Å²) in [5.74, 6) is -1.59. The molecule has 1 aliphatic rings. The number of ketones is 1. The van der Waals surface area contributed by atoms with E-state index in [0.717, 1.165) is 0 Å². The molecule has 114 valence electrons. The number of carboxylic acid groups (broad SMARTS) is 1. The van der Waals surface area contributed by atoms with Gasteiger partial charge in [-0.2, -0.15) is 0 Å². The maximum atomic E-state index is 12.3. The Kier molecular flexibility index (Phi) is 3.42. The van der Waals surface area contributed by atoms with Crippen molar-refractivity contribution >= 4 is 35.1 Å². The molecule has 0 saturated carbocycles. The summed E-state index contributed by atoms with van der Waals surface area (Å²) >= 11 is 0. The zero-order chi connectivity index (χ0) is 16.6. The van der Waals surface area contributed by atoms with Crippen LogP contribution >= 0.6 is 0 Å². The number of rotatable bonds is 3. The minimum Gasteiger partial charge on any atom is -0.506 e. The van der Waals surface area contributed by atoms with Gasteiger partial charge in [-0.15, -0.1) is 0 Å². The predicted molar refractivity (Wildman–Crippen MR) is 86.3 cm³/mol. The molecule has 4 N–H and O–H groups in total. The van der Waals surface area contributed by atoms with Crippen molar-refractivity contribution < 1.29 is 19.8 Å². The molecule has 6 heteroatoms. The molecular formula is C17H12N2O4. The molecule has 0 unspecified atom stereocenters. The summed E-state index contributed by atoms with van der Waals surface area (Å²) in [4.78, 5) is 27.3. The van der Waals surface area contributed by atoms with Crippen LogP contribution in [-0.2, 0) is 0 Å². The molecule has 0 fully saturated rings. The molecule has 2 aromatic carbocycles. The van der Waals surface area contributed by atoms with E-state index in [1.807, 2.05) is 0 Å². The largest absolute Gasteiger partial charge is 0.506 e. The minimum atomic E-state index is -1.10. The molecule has 0 amide bonds. The van der Waals surface area contributed by atoms with Crippen molar-refractivity contribution in [3.63, 3.8) is 0 Å². The van der Waals surface area contributed by atoms with E-state index in [4.69, 9.17) is 10.8 Å². The van der Waals surface area contributed by atoms with Gasteiger partial charge in [-0.05, 0) is 18.2 Å². The number of nitrogens with two attached hydrogens (primary N) is 1. The number of nitrogen functional groups attached to an aromatic ring is 1. The van der Waals surface area contributed by atoms with Gasteiger partial charge >= 0.3 is 5.97 Å². The number of carbonyl (C=O) groups is 2. The Morgan fingerprint density at radius 3 is 2.48 bits per heavy atom. The molecule has 0 heterocycles. The second-order valence-corrected chi connectivity index (χ2v) is 4.97. The van der Waals surface area contributed by atoms with Crippen LogP contribution in [0.2, 0.25) is 0 Å². The van der Waals surface area contributed by atoms with Crippen molar-refractivity contribution in [3.05, 3.63) is 64.7 Å². The lowest BCUT2D eigenvalue weighted by Gasteiger charge is -2.02. The molecule has 0 atom stereocenters. The van der Waals surface area contributed by atoms with Crippen molar-refractivity contribution in [2.45, 2.75) is 0 Å². The van der Waals surface area contributed by atoms with Gasteiger partial charge in [0, 0.05) is 17.3 Å². The summed E-state index contributed by atoms with van der Waals surface area (Å²) in [6, 6.07) is 10.8. The SMILES string of the molecule is Nc1ccc(C(=O)O)cc1N=CC1=C(O)c2ccccc2C1=O. The highest BCUT2D eigenvalue weighted by Crippen LogP contribution is 2.31. The number of aliphatic hydroxyl groups excluding tert-OH is 1. The van der Waals surface area contributed by atoms with E-state index >= 15 is 0 Å². The smallest absolute Gasteiger partial charge is 0.335 e. The third-order valence-electron chi connectivity index (χ3n) is 3.54. The van der Waals surface area contributed by atoms with E-state index in [1.165, 1.54) is 24.4 Å². The maximum absolute atomic E-state index is 12.3. The second kappa shape index (κ2) is 5.42. The fourth-order valence-electron chi connectivity index (χ4n) is 2.33. The van der Waals surface area contributed by atoms with Crippen LogP contribution in [0.4, 0.5) is 11.4 Å². The zero-order valence-corrected chi connectivity index (χ0v) is 11.9. The highest BCUT2D eigenvalue weighted by molar-refractivity contribution is 6.30. The molecule has 6 nitrogen and oxygen atoms in total. The fourth-order valence-corrected chi connectivity index (χ4v) is 2.33. The molecule has 0 radical (unpaired) electrons. The van der Waals surface area contributed by atoms with Crippen LogP contribution in [0.3, 0.4) is 0 Å². The molecule has 1 aliphatic carbocycles. The van der Waals surface area contributed by atoms with Gasteiger partial charge in [-0.25, -0.2) is 4.79 Å². The standard InChI is InChI=1S/C17H12N2O4/c18-13-6-5-9(17(22)23)7-14(13)19-8-12-15(20)10-3-1-2-4-11(10)16(12)21/h1-8,20H,18H2,(H,22,23). The predicted octanol–water partition coefficient (Wildman–Crippen LogP) is 2.83. The Labute approximate surface area is 131 Å². The third kappa shape index (κ3) is 2.46. The van der Waals surface area contributed by atoms with Crippen LogP contribution in [-0.4, -0.2) is 28.2 Å². The van der Waals surface area contributed by atoms with Crippen molar-refractivity contribution in [2.75, 3.05) is 5.73 Å². The van der Waals surface area contributed by atoms with Crippen LogP contribution in [0.1, 0.15) is 26.3 Å². The van der Waals surface area contributed by atoms with Crippen molar-refractivity contribution in [2.24, 2.45) is 4.99 Å². The van der Waals surface area contributed by atoms with Crippen molar-refractivity contribution in [3.8, 4) is 0 Å². The molecule has 3 rings (SSSR count). The van der Waals surface area contributed by atoms with Crippen LogP contribution in [0.15, 0.2) is 53.0 Å². The Morgan fingerprint density at radius 2 is 1.83 bits per heavy atom. The first kappa shape index (κ1) is 14.5. The van der Waals surface area contributed by atoms with Gasteiger partial charge in [0.15, 0.2) is 5.78 Å². The van der Waals surface area contributed by atoms with Crippen LogP contribution in [0.5, 0.6) is 0 Å². The number of benzene rings is 2. The number of aliphatic imine (C=N–C) groups is 1. The number of carboxylic acids is 1. The van der Waals surface area contributed by atoms with E-state index in [0.29, 0.717) is 11.1 Å². The van der Waals surface area contributed by atoms with Crippen LogP contribution in [0, 0.1) is 0 Å². The lowest BCUT2D eigenvalue weighted by molar-refractivity contribution is 0.0696. The monoisotopic (exact) mass is 308 g/mol. The summed E-state index contributed by atoms with van der Waals surface area (Å²) in [7, 11) is 0. The number of allylic oxidation sites excluding steroid dienone is 1. The van der Waals surface area contributed by atoms with Gasteiger partial charge in [0.1, 0.15) is 5.76 Å². The van der Waals surface area contributed by atoms with E-state index in [2.05, 4.69) is 4.99 Å². The zero-order valence-electron chi connectivity index (χ0n) is 11.9. The van der Waals surface area contributed by atoms with E-state index in [-0.39, 0.29) is 34.1 Å². The molecule has 0 spiro atoms. The van der Waals surface area contributed by atoms with E-state index in [1.54, 1.807) is 24.3 Å². The summed E-state index contributed by atoms with van der Waals surface area (Å²) in [6.07, 6.45) is 1.20. The lowest BCUT2D eigenvalue weighted by Crippen LogP contribution is -2.00. The number of nitrogens with zero attached hydrogens (tertiary/aromatic N) is 1. The number of carbonyl (C=O) groups excluding carboxylic acids is 1. The topological polar surface area (TPSA) is 113 Å². The first-order valence-electron chi connectivity index (χ1n) is 6.73. The molecule has 2 aromatic rings. The van der Waals surface area contributed by atoms with Crippen molar-refractivity contribution in [1.29, 1.82) is 0 Å². The highest BCUT2D eigenvalue weighted by Gasteiger charge is 2.27. The molecule has 0 aromatic heterocycles. The number of aliphatic hydroxyl groups is 1. The number of aromatic carboxylic acids is 1. The van der Waals surface area contributed by atoms with Gasteiger partial charge in [-0.3, -0.25) is 9.79 Å². The molecule has 0 saturated heterocycles. The van der Waals surface area contributed by atoms with E-state index < -0.39 is 5.97 Å². The molecule has 0 bridgehead atoms. The van der Waals surface area contributed by atoms with E-state index in [9.17, 15) is 14.7 Å². The van der Waals surface area contributed by atoms with Gasteiger partial charge in [-0.1, -0.05) is 24.3 Å². The summed E-state index contributed by atoms with van der Waals surface area (Å²) in [5.41, 5.74) is 7.18. The summed E-state index contributed by atoms with van der Waals surface area (Å²) in [5, 5.41) is 19.1. The average Bonchev–Trinajstić information content (AvgIpc) is 2.78. The first-order chi connectivity index (χ1) is 11.0. The molecule has 0 aliphatic heterocycles. The Hall–Kier alpha value is -3.41. The average molecular weight is 308 g/mol. The van der Waals surface area contributed by atoms with Gasteiger partial charge in [0.25, 0.3) is 0 Å². The van der Waals surface area contributed by atoms with Crippen molar-refractivity contribution in [1.82, 2.24) is 0 Å². The number of anilines is 1. The quantitative estimate of drug-likeness (QED) is 0.596. The van der Waals surface area contributed by atoms with Gasteiger partial charge < -0.3 is 15.9 Å². The fraction of sp³-hybridized carbons (Fsp3) is 0. The van der Waals surface area contributed by atoms with Gasteiger partial charge in [0.2, 0.25) is 0 Å². The summed E-state index contributed by atoms with van der Waals surface area (Å²) in [6.45, 7) is 0. The lowest BCUT2D eigenvalue weighted by atomic mass is 10.1. The Morgan fingerprint density at radius 1 is 1.13 bits per heavy atom. The Bertz CT molecular complexity index is 897. The molecular weight excluding hydrogens is 296 g/mol. The van der Waals surface area contributed by atoms with Crippen LogP contribution in [0.25, 0.3) is 5.76 Å². The first-order valence-corrected chi connectivity index (χ1v) is 6.73. The number of hydrogen-bond donors (Lipinski definition) is 3. The third-order valence-corrected chi connectivity index (χ3v) is 3.54. The number of hydrogen-bond acceptors (Lipinski definition) is 5. The number of Topliss-reactive ketones (excluding diaryl/α,β-unsaturated/α-hetero) is 1. The van der Waals surface area contributed by atoms with Crippen LogP contribution < -0.4 is 5.73 Å². The van der Waals surface area contributed by atoms with Gasteiger partial charge in [0.05, 0.1) is 22.5 Å². The minimum absolute atomic E-state index is 0.0330. The normalized spacial score (nSPS) is 13.7. The second-order valence-electron chi connectivity index (χ2n) is 4.97. The maximum Gasteiger partial charge on any atom is 0.335 e.